The lowest BCUT2D eigenvalue weighted by Crippen LogP contribution is -2.33. The summed E-state index contributed by atoms with van der Waals surface area (Å²) in [5.74, 6) is -0.891. The smallest absolute Gasteiger partial charge is 0.319 e. The second-order valence-electron chi connectivity index (χ2n) is 5.95. The van der Waals surface area contributed by atoms with Crippen molar-refractivity contribution in [2.45, 2.75) is 24.0 Å². The number of aryl methyl sites for hydroxylation is 1. The Hall–Kier alpha value is -2.26. The average molecular weight is 412 g/mol. The van der Waals surface area contributed by atoms with E-state index in [1.807, 2.05) is 13.2 Å². The van der Waals surface area contributed by atoms with E-state index in [1.54, 1.807) is 49.0 Å². The predicted octanol–water partition coefficient (Wildman–Crippen LogP) is 3.81. The molecule has 0 aliphatic heterocycles. The van der Waals surface area contributed by atoms with Gasteiger partial charge in [-0.25, -0.2) is 17.6 Å². The Morgan fingerprint density at radius 2 is 1.89 bits per heavy atom. The molecular weight excluding hydrogens is 389 g/mol. The fourth-order valence-electron chi connectivity index (χ4n) is 2.20. The maximum Gasteiger partial charge on any atom is 0.319 e. The summed E-state index contributed by atoms with van der Waals surface area (Å²) in [6, 6.07) is 9.90. The van der Waals surface area contributed by atoms with Crippen LogP contribution in [-0.4, -0.2) is 32.5 Å². The molecule has 2 amide bonds. The Bertz CT molecular complexity index is 906. The number of benzene rings is 2. The third-order valence-corrected chi connectivity index (χ3v) is 6.16. The van der Waals surface area contributed by atoms with Gasteiger partial charge >= 0.3 is 6.03 Å². The van der Waals surface area contributed by atoms with E-state index in [4.69, 9.17) is 0 Å². The van der Waals surface area contributed by atoms with Gasteiger partial charge in [0, 0.05) is 23.2 Å². The molecule has 1 atom stereocenters. The Morgan fingerprint density at radius 1 is 1.22 bits per heavy atom. The van der Waals surface area contributed by atoms with Crippen LogP contribution in [0.25, 0.3) is 0 Å². The molecule has 0 unspecified atom stereocenters. The van der Waals surface area contributed by atoms with E-state index >= 15 is 0 Å². The summed E-state index contributed by atoms with van der Waals surface area (Å²) >= 11 is 1.61. The number of carbonyl (C=O) groups excluding carboxylic acids is 1. The highest BCUT2D eigenvalue weighted by Gasteiger charge is 2.21. The van der Waals surface area contributed by atoms with Gasteiger partial charge in [-0.05, 0) is 43.0 Å². The largest absolute Gasteiger partial charge is 0.337 e. The first kappa shape index (κ1) is 21.0. The van der Waals surface area contributed by atoms with E-state index in [9.17, 15) is 17.6 Å². The van der Waals surface area contributed by atoms with Crippen LogP contribution in [0.1, 0.15) is 12.5 Å². The molecule has 0 heterocycles. The normalized spacial score (nSPS) is 12.3. The van der Waals surface area contributed by atoms with E-state index in [0.717, 1.165) is 12.1 Å². The molecule has 0 fully saturated rings. The van der Waals surface area contributed by atoms with Gasteiger partial charge in [0.15, 0.2) is 0 Å². The lowest BCUT2D eigenvalue weighted by molar-refractivity contribution is 0.252. The van der Waals surface area contributed by atoms with Gasteiger partial charge in [0.1, 0.15) is 10.7 Å². The number of para-hydroxylation sites is 1. The highest BCUT2D eigenvalue weighted by molar-refractivity contribution is 7.99. The van der Waals surface area contributed by atoms with Crippen LogP contribution in [0.3, 0.4) is 0 Å². The quantitative estimate of drug-likeness (QED) is 0.647. The number of nitrogens with one attached hydrogen (secondary N) is 3. The van der Waals surface area contributed by atoms with Crippen LogP contribution in [0.5, 0.6) is 0 Å². The standard InChI is InChI=1S/C18H22FN3O3S2/c1-12-9-15(19)17(27(24,25)22-14-7-5-4-6-8-14)10-16(12)21-18(23)20-11-13(2)26-3/h4-10,13,22H,11H2,1-3H3,(H2,20,21,23)/t13-/m0/s1. The number of urea groups is 1. The molecule has 146 valence electrons. The molecule has 9 heteroatoms. The van der Waals surface area contributed by atoms with E-state index in [2.05, 4.69) is 15.4 Å². The van der Waals surface area contributed by atoms with Crippen molar-refractivity contribution in [3.63, 3.8) is 0 Å². The van der Waals surface area contributed by atoms with E-state index in [-0.39, 0.29) is 10.9 Å². The minimum absolute atomic E-state index is 0.221. The Balaban J connectivity index is 2.23. The molecule has 0 bridgehead atoms. The van der Waals surface area contributed by atoms with Gasteiger partial charge in [0.25, 0.3) is 10.0 Å². The van der Waals surface area contributed by atoms with Gasteiger partial charge in [-0.2, -0.15) is 11.8 Å². The first-order chi connectivity index (χ1) is 12.7. The van der Waals surface area contributed by atoms with Crippen molar-refractivity contribution in [3.05, 3.63) is 53.8 Å². The van der Waals surface area contributed by atoms with Crippen molar-refractivity contribution < 1.29 is 17.6 Å². The van der Waals surface area contributed by atoms with Crippen molar-refractivity contribution in [3.8, 4) is 0 Å². The minimum atomic E-state index is -4.15. The van der Waals surface area contributed by atoms with Crippen LogP contribution >= 0.6 is 11.8 Å². The number of carbonyl (C=O) groups is 1. The number of thioether (sulfide) groups is 1. The maximum atomic E-state index is 14.3. The fourth-order valence-corrected chi connectivity index (χ4v) is 3.59. The topological polar surface area (TPSA) is 87.3 Å². The zero-order chi connectivity index (χ0) is 20.0. The van der Waals surface area contributed by atoms with Gasteiger partial charge in [-0.1, -0.05) is 25.1 Å². The van der Waals surface area contributed by atoms with Crippen molar-refractivity contribution in [2.24, 2.45) is 0 Å². The molecule has 0 aliphatic rings. The summed E-state index contributed by atoms with van der Waals surface area (Å²) in [7, 11) is -4.15. The number of halogens is 1. The number of amides is 2. The number of hydrogen-bond acceptors (Lipinski definition) is 4. The molecule has 2 aromatic carbocycles. The Morgan fingerprint density at radius 3 is 2.52 bits per heavy atom. The van der Waals surface area contributed by atoms with Crippen LogP contribution in [0.4, 0.5) is 20.6 Å². The highest BCUT2D eigenvalue weighted by atomic mass is 32.2. The molecule has 2 aromatic rings. The molecule has 3 N–H and O–H groups in total. The molecule has 0 radical (unpaired) electrons. The molecule has 2 rings (SSSR count). The third kappa shape index (κ3) is 5.86. The van der Waals surface area contributed by atoms with Gasteiger partial charge in [-0.3, -0.25) is 4.72 Å². The first-order valence-corrected chi connectivity index (χ1v) is 11.0. The number of rotatable bonds is 7. The van der Waals surface area contributed by atoms with Crippen LogP contribution in [0.15, 0.2) is 47.4 Å². The monoisotopic (exact) mass is 411 g/mol. The summed E-state index contributed by atoms with van der Waals surface area (Å²) in [5, 5.41) is 5.50. The summed E-state index contributed by atoms with van der Waals surface area (Å²) in [5.41, 5.74) is 0.953. The lowest BCUT2D eigenvalue weighted by atomic mass is 10.2. The molecule has 0 spiro atoms. The maximum absolute atomic E-state index is 14.3. The summed E-state index contributed by atoms with van der Waals surface area (Å²) < 4.78 is 41.7. The third-order valence-electron chi connectivity index (χ3n) is 3.80. The molecule has 0 saturated heterocycles. The molecule has 27 heavy (non-hydrogen) atoms. The highest BCUT2D eigenvalue weighted by Crippen LogP contribution is 2.25. The Kier molecular flexibility index (Phi) is 7.09. The second kappa shape index (κ2) is 9.09. The van der Waals surface area contributed by atoms with Crippen molar-refractivity contribution in [2.75, 3.05) is 22.8 Å². The van der Waals surface area contributed by atoms with Gasteiger partial charge in [0.05, 0.1) is 0 Å². The van der Waals surface area contributed by atoms with Gasteiger partial charge < -0.3 is 10.6 Å². The second-order valence-corrected chi connectivity index (χ2v) is 8.88. The number of sulfonamides is 1. The minimum Gasteiger partial charge on any atom is -0.337 e. The summed E-state index contributed by atoms with van der Waals surface area (Å²) in [6.45, 7) is 4.01. The molecule has 6 nitrogen and oxygen atoms in total. The lowest BCUT2D eigenvalue weighted by Gasteiger charge is -2.15. The first-order valence-electron chi connectivity index (χ1n) is 8.18. The number of hydrogen-bond donors (Lipinski definition) is 3. The predicted molar refractivity (Wildman–Crippen MR) is 108 cm³/mol. The van der Waals surface area contributed by atoms with Crippen molar-refractivity contribution in [1.29, 1.82) is 0 Å². The molecule has 0 saturated carbocycles. The van der Waals surface area contributed by atoms with Gasteiger partial charge in [0.2, 0.25) is 0 Å². The van der Waals surface area contributed by atoms with Gasteiger partial charge in [-0.15, -0.1) is 0 Å². The Labute approximate surface area is 163 Å². The summed E-state index contributed by atoms with van der Waals surface area (Å²) in [4.78, 5) is 11.5. The zero-order valence-electron chi connectivity index (χ0n) is 15.2. The van der Waals surface area contributed by atoms with E-state index in [0.29, 0.717) is 17.8 Å². The van der Waals surface area contributed by atoms with Crippen LogP contribution < -0.4 is 15.4 Å². The van der Waals surface area contributed by atoms with Crippen molar-refractivity contribution >= 4 is 39.2 Å². The molecular formula is C18H22FN3O3S2. The fraction of sp³-hybridized carbons (Fsp3) is 0.278. The average Bonchev–Trinajstić information content (AvgIpc) is 2.62. The zero-order valence-corrected chi connectivity index (χ0v) is 16.9. The molecule has 0 aromatic heterocycles. The van der Waals surface area contributed by atoms with Crippen LogP contribution in [0, 0.1) is 12.7 Å². The summed E-state index contributed by atoms with van der Waals surface area (Å²) in [6.07, 6.45) is 1.94. The van der Waals surface area contributed by atoms with Crippen LogP contribution in [-0.2, 0) is 10.0 Å². The van der Waals surface area contributed by atoms with Crippen LogP contribution in [0.2, 0.25) is 0 Å². The van der Waals surface area contributed by atoms with E-state index in [1.165, 1.54) is 0 Å². The number of anilines is 2. The molecule has 0 aliphatic carbocycles. The van der Waals surface area contributed by atoms with Crippen molar-refractivity contribution in [1.82, 2.24) is 5.32 Å². The van der Waals surface area contributed by atoms with E-state index < -0.39 is 26.8 Å². The SMILES string of the molecule is CS[C@@H](C)CNC(=O)Nc1cc(S(=O)(=O)Nc2ccccc2)c(F)cc1C.